The third-order valence-electron chi connectivity index (χ3n) is 5.04. The lowest BCUT2D eigenvalue weighted by Gasteiger charge is -2.09. The first-order valence-electron chi connectivity index (χ1n) is 11.0. The zero-order valence-corrected chi connectivity index (χ0v) is 22.3. The molecule has 9 heteroatoms. The van der Waals surface area contributed by atoms with E-state index in [0.717, 1.165) is 8.95 Å². The van der Waals surface area contributed by atoms with Crippen LogP contribution in [-0.2, 0) is 0 Å². The fourth-order valence-corrected chi connectivity index (χ4v) is 3.86. The van der Waals surface area contributed by atoms with Crippen molar-refractivity contribution in [1.82, 2.24) is 5.43 Å². The molecule has 0 aliphatic heterocycles. The van der Waals surface area contributed by atoms with Gasteiger partial charge >= 0.3 is 5.97 Å². The van der Waals surface area contributed by atoms with Crippen LogP contribution in [0, 0.1) is 0 Å². The molecule has 0 unspecified atom stereocenters. The highest BCUT2D eigenvalue weighted by atomic mass is 79.9. The van der Waals surface area contributed by atoms with E-state index in [9.17, 15) is 14.4 Å². The second kappa shape index (κ2) is 12.2. The Morgan fingerprint density at radius 3 is 2.16 bits per heavy atom. The Bertz CT molecular complexity index is 1470. The van der Waals surface area contributed by atoms with Crippen molar-refractivity contribution < 1.29 is 19.1 Å². The van der Waals surface area contributed by atoms with Gasteiger partial charge in [0.25, 0.3) is 11.8 Å². The first-order chi connectivity index (χ1) is 17.9. The van der Waals surface area contributed by atoms with E-state index >= 15 is 0 Å². The maximum Gasteiger partial charge on any atom is 0.343 e. The molecular formula is C28H19Br2N3O4. The molecule has 2 amide bonds. The number of esters is 1. The number of hydrogen-bond acceptors (Lipinski definition) is 5. The van der Waals surface area contributed by atoms with Crippen LogP contribution in [-0.4, -0.2) is 24.0 Å². The van der Waals surface area contributed by atoms with Crippen molar-refractivity contribution in [3.05, 3.63) is 128 Å². The van der Waals surface area contributed by atoms with Crippen molar-refractivity contribution in [2.24, 2.45) is 5.10 Å². The minimum atomic E-state index is -0.525. The van der Waals surface area contributed by atoms with Crippen LogP contribution in [0.2, 0.25) is 0 Å². The normalized spacial score (nSPS) is 10.6. The number of carbonyl (C=O) groups excluding carboxylic acids is 3. The van der Waals surface area contributed by atoms with Crippen LogP contribution >= 0.6 is 31.9 Å². The lowest BCUT2D eigenvalue weighted by Crippen LogP contribution is -2.18. The molecule has 0 radical (unpaired) electrons. The van der Waals surface area contributed by atoms with E-state index in [1.165, 1.54) is 6.21 Å². The molecule has 4 aromatic rings. The summed E-state index contributed by atoms with van der Waals surface area (Å²) in [5.41, 5.74) is 4.60. The van der Waals surface area contributed by atoms with Gasteiger partial charge in [-0.1, -0.05) is 56.1 Å². The van der Waals surface area contributed by atoms with Crippen LogP contribution < -0.4 is 15.5 Å². The molecule has 0 fully saturated rings. The summed E-state index contributed by atoms with van der Waals surface area (Å²) in [5, 5.41) is 6.79. The van der Waals surface area contributed by atoms with Gasteiger partial charge in [-0.05, 0) is 72.8 Å². The molecule has 4 aromatic carbocycles. The Labute approximate surface area is 229 Å². The number of hydrogen-bond donors (Lipinski definition) is 2. The van der Waals surface area contributed by atoms with E-state index < -0.39 is 11.9 Å². The molecule has 0 aromatic heterocycles. The average Bonchev–Trinajstić information content (AvgIpc) is 2.91. The molecule has 0 atom stereocenters. The summed E-state index contributed by atoms with van der Waals surface area (Å²) in [6, 6.07) is 27.1. The van der Waals surface area contributed by atoms with Gasteiger partial charge in [-0.2, -0.15) is 5.10 Å². The summed E-state index contributed by atoms with van der Waals surface area (Å²) >= 11 is 6.72. The van der Waals surface area contributed by atoms with Gasteiger partial charge in [0.2, 0.25) is 0 Å². The average molecular weight is 621 g/mol. The topological polar surface area (TPSA) is 96.9 Å². The molecule has 0 heterocycles. The number of carbonyl (C=O) groups is 3. The largest absolute Gasteiger partial charge is 0.422 e. The Morgan fingerprint density at radius 2 is 1.41 bits per heavy atom. The van der Waals surface area contributed by atoms with Gasteiger partial charge in [0.1, 0.15) is 5.75 Å². The van der Waals surface area contributed by atoms with E-state index in [1.54, 1.807) is 91.0 Å². The first-order valence-corrected chi connectivity index (χ1v) is 12.5. The fourth-order valence-electron chi connectivity index (χ4n) is 3.21. The molecule has 37 heavy (non-hydrogen) atoms. The van der Waals surface area contributed by atoms with Crippen LogP contribution in [0.25, 0.3) is 0 Å². The van der Waals surface area contributed by atoms with Crippen molar-refractivity contribution >= 4 is 61.5 Å². The van der Waals surface area contributed by atoms with Crippen LogP contribution in [0.4, 0.5) is 5.69 Å². The number of hydrazone groups is 1. The van der Waals surface area contributed by atoms with E-state index in [1.807, 2.05) is 6.07 Å². The maximum absolute atomic E-state index is 12.6. The van der Waals surface area contributed by atoms with Gasteiger partial charge in [0, 0.05) is 31.3 Å². The van der Waals surface area contributed by atoms with Gasteiger partial charge in [0.05, 0.1) is 11.8 Å². The molecule has 0 aliphatic rings. The van der Waals surface area contributed by atoms with Crippen LogP contribution in [0.1, 0.15) is 36.6 Å². The third kappa shape index (κ3) is 7.22. The zero-order chi connectivity index (χ0) is 26.2. The Hall–Kier alpha value is -4.08. The number of amides is 2. The molecule has 0 saturated heterocycles. The van der Waals surface area contributed by atoms with E-state index in [4.69, 9.17) is 4.74 Å². The number of rotatable bonds is 7. The number of benzene rings is 4. The highest BCUT2D eigenvalue weighted by Crippen LogP contribution is 2.23. The molecule has 7 nitrogen and oxygen atoms in total. The molecule has 0 saturated carbocycles. The summed E-state index contributed by atoms with van der Waals surface area (Å²) in [7, 11) is 0. The van der Waals surface area contributed by atoms with Crippen molar-refractivity contribution in [1.29, 1.82) is 0 Å². The molecule has 0 spiro atoms. The summed E-state index contributed by atoms with van der Waals surface area (Å²) in [6.45, 7) is 0. The van der Waals surface area contributed by atoms with Gasteiger partial charge in [-0.25, -0.2) is 10.2 Å². The SMILES string of the molecule is O=C(NN=Cc1cc(Br)ccc1OC(=O)c1ccc(Br)cc1)c1cccc(NC(=O)c2ccccc2)c1. The second-order valence-electron chi connectivity index (χ2n) is 7.68. The zero-order valence-electron chi connectivity index (χ0n) is 19.2. The number of nitrogens with one attached hydrogen (secondary N) is 2. The molecule has 0 bridgehead atoms. The van der Waals surface area contributed by atoms with Crippen molar-refractivity contribution in [3.63, 3.8) is 0 Å². The smallest absolute Gasteiger partial charge is 0.343 e. The summed E-state index contributed by atoms with van der Waals surface area (Å²) in [6.07, 6.45) is 1.38. The molecule has 4 rings (SSSR count). The van der Waals surface area contributed by atoms with Gasteiger partial charge in [-0.3, -0.25) is 9.59 Å². The number of ether oxygens (including phenoxy) is 1. The summed E-state index contributed by atoms with van der Waals surface area (Å²) < 4.78 is 7.13. The van der Waals surface area contributed by atoms with E-state index in [2.05, 4.69) is 47.7 Å². The predicted octanol–water partition coefficient (Wildman–Crippen LogP) is 6.45. The lowest BCUT2D eigenvalue weighted by molar-refractivity contribution is 0.0733. The van der Waals surface area contributed by atoms with E-state index in [-0.39, 0.29) is 11.7 Å². The molecular weight excluding hydrogens is 602 g/mol. The lowest BCUT2D eigenvalue weighted by atomic mass is 10.1. The van der Waals surface area contributed by atoms with Gasteiger partial charge < -0.3 is 10.1 Å². The third-order valence-corrected chi connectivity index (χ3v) is 6.06. The first kappa shape index (κ1) is 26.0. The van der Waals surface area contributed by atoms with Gasteiger partial charge in [0.15, 0.2) is 0 Å². The predicted molar refractivity (Wildman–Crippen MR) is 149 cm³/mol. The Kier molecular flexibility index (Phi) is 8.60. The van der Waals surface area contributed by atoms with Gasteiger partial charge in [-0.15, -0.1) is 0 Å². The quantitative estimate of drug-likeness (QED) is 0.107. The Balaban J connectivity index is 1.42. The molecule has 2 N–H and O–H groups in total. The number of halogens is 2. The van der Waals surface area contributed by atoms with Crippen LogP contribution in [0.5, 0.6) is 5.75 Å². The highest BCUT2D eigenvalue weighted by Gasteiger charge is 2.12. The maximum atomic E-state index is 12.6. The summed E-state index contributed by atoms with van der Waals surface area (Å²) in [4.78, 5) is 37.6. The monoisotopic (exact) mass is 619 g/mol. The standard InChI is InChI=1S/C28H19Br2N3O4/c29-22-11-9-19(10-12-22)28(36)37-25-14-13-23(30)15-21(25)17-31-33-27(35)20-7-4-8-24(16-20)32-26(34)18-5-2-1-3-6-18/h1-17H,(H,32,34)(H,33,35). The number of anilines is 1. The highest BCUT2D eigenvalue weighted by molar-refractivity contribution is 9.10. The number of nitrogens with zero attached hydrogens (tertiary/aromatic N) is 1. The Morgan fingerprint density at radius 1 is 0.703 bits per heavy atom. The van der Waals surface area contributed by atoms with Crippen LogP contribution in [0.15, 0.2) is 111 Å². The van der Waals surface area contributed by atoms with E-state index in [0.29, 0.717) is 27.9 Å². The molecule has 184 valence electrons. The summed E-state index contributed by atoms with van der Waals surface area (Å²) in [5.74, 6) is -1.01. The fraction of sp³-hybridized carbons (Fsp3) is 0. The van der Waals surface area contributed by atoms with Crippen LogP contribution in [0.3, 0.4) is 0 Å². The minimum Gasteiger partial charge on any atom is -0.422 e. The second-order valence-corrected chi connectivity index (χ2v) is 9.51. The minimum absolute atomic E-state index is 0.278. The molecule has 0 aliphatic carbocycles. The van der Waals surface area contributed by atoms with Crippen molar-refractivity contribution in [2.75, 3.05) is 5.32 Å². The van der Waals surface area contributed by atoms with Crippen molar-refractivity contribution in [3.8, 4) is 5.75 Å². The van der Waals surface area contributed by atoms with Crippen molar-refractivity contribution in [2.45, 2.75) is 0 Å².